The molecule has 1 unspecified atom stereocenters. The van der Waals surface area contributed by atoms with Gasteiger partial charge in [0.2, 0.25) is 5.91 Å². The van der Waals surface area contributed by atoms with E-state index in [1.807, 2.05) is 4.90 Å². The lowest BCUT2D eigenvalue weighted by Gasteiger charge is -2.26. The van der Waals surface area contributed by atoms with E-state index in [0.717, 1.165) is 32.4 Å². The molecule has 5 heteroatoms. The number of likely N-dealkylation sites (tertiary alicyclic amines) is 1. The predicted octanol–water partition coefficient (Wildman–Crippen LogP) is 0.0704. The van der Waals surface area contributed by atoms with Crippen molar-refractivity contribution in [3.8, 4) is 0 Å². The van der Waals surface area contributed by atoms with Crippen LogP contribution in [-0.2, 0) is 4.79 Å². The van der Waals surface area contributed by atoms with Gasteiger partial charge in [-0.25, -0.2) is 4.79 Å². The molecule has 2 saturated heterocycles. The summed E-state index contributed by atoms with van der Waals surface area (Å²) < 4.78 is 0. The van der Waals surface area contributed by atoms with E-state index >= 15 is 0 Å². The molecule has 2 heterocycles. The molecule has 0 aromatic rings. The fourth-order valence-corrected chi connectivity index (χ4v) is 2.04. The van der Waals surface area contributed by atoms with Gasteiger partial charge < -0.3 is 15.5 Å². The zero-order chi connectivity index (χ0) is 10.7. The maximum Gasteiger partial charge on any atom is 0.317 e. The third-order valence-corrected chi connectivity index (χ3v) is 2.99. The van der Waals surface area contributed by atoms with Gasteiger partial charge in [-0.3, -0.25) is 4.79 Å². The third kappa shape index (κ3) is 2.61. The summed E-state index contributed by atoms with van der Waals surface area (Å²) in [4.78, 5) is 24.5. The highest BCUT2D eigenvalue weighted by Crippen LogP contribution is 2.09. The molecule has 0 radical (unpaired) electrons. The molecule has 0 bridgehead atoms. The third-order valence-electron chi connectivity index (χ3n) is 2.99. The topological polar surface area (TPSA) is 61.4 Å². The number of nitrogens with one attached hydrogen (secondary N) is 2. The summed E-state index contributed by atoms with van der Waals surface area (Å²) in [6.45, 7) is 2.30. The van der Waals surface area contributed by atoms with Crippen molar-refractivity contribution in [3.63, 3.8) is 0 Å². The first-order chi connectivity index (χ1) is 7.25. The first-order valence-corrected chi connectivity index (χ1v) is 5.58. The van der Waals surface area contributed by atoms with Gasteiger partial charge in [0.15, 0.2) is 0 Å². The van der Waals surface area contributed by atoms with E-state index in [2.05, 4.69) is 10.6 Å². The average molecular weight is 211 g/mol. The summed E-state index contributed by atoms with van der Waals surface area (Å²) in [6, 6.07) is 0.129. The molecule has 0 spiro atoms. The SMILES string of the molecule is O=C1CCC(NC(=O)N2CCCC2)CN1. The average Bonchev–Trinajstić information content (AvgIpc) is 2.74. The normalized spacial score (nSPS) is 26.3. The van der Waals surface area contributed by atoms with Crippen LogP contribution in [0.25, 0.3) is 0 Å². The number of amides is 3. The second-order valence-electron chi connectivity index (χ2n) is 4.18. The number of carbonyl (C=O) groups excluding carboxylic acids is 2. The molecule has 0 aromatic carbocycles. The van der Waals surface area contributed by atoms with Crippen LogP contribution in [0.2, 0.25) is 0 Å². The first kappa shape index (κ1) is 10.3. The first-order valence-electron chi connectivity index (χ1n) is 5.58. The van der Waals surface area contributed by atoms with Gasteiger partial charge in [0, 0.05) is 32.1 Å². The van der Waals surface area contributed by atoms with E-state index in [9.17, 15) is 9.59 Å². The van der Waals surface area contributed by atoms with E-state index in [0.29, 0.717) is 13.0 Å². The van der Waals surface area contributed by atoms with E-state index < -0.39 is 0 Å². The van der Waals surface area contributed by atoms with Crippen molar-refractivity contribution in [1.29, 1.82) is 0 Å². The van der Waals surface area contributed by atoms with Crippen LogP contribution in [-0.4, -0.2) is 42.5 Å². The van der Waals surface area contributed by atoms with Crippen LogP contribution in [0, 0.1) is 0 Å². The van der Waals surface area contributed by atoms with Crippen LogP contribution in [0.15, 0.2) is 0 Å². The largest absolute Gasteiger partial charge is 0.354 e. The molecule has 3 amide bonds. The number of urea groups is 1. The van der Waals surface area contributed by atoms with Crippen molar-refractivity contribution in [2.45, 2.75) is 31.7 Å². The lowest BCUT2D eigenvalue weighted by molar-refractivity contribution is -0.122. The molecule has 2 fully saturated rings. The van der Waals surface area contributed by atoms with Gasteiger partial charge in [0.05, 0.1) is 0 Å². The fraction of sp³-hybridized carbons (Fsp3) is 0.800. The molecule has 2 N–H and O–H groups in total. The lowest BCUT2D eigenvalue weighted by atomic mass is 10.1. The van der Waals surface area contributed by atoms with Gasteiger partial charge in [-0.05, 0) is 19.3 Å². The second kappa shape index (κ2) is 4.51. The quantitative estimate of drug-likeness (QED) is 0.644. The molecule has 84 valence electrons. The van der Waals surface area contributed by atoms with Crippen LogP contribution in [0.3, 0.4) is 0 Å². The number of rotatable bonds is 1. The van der Waals surface area contributed by atoms with Gasteiger partial charge in [-0.15, -0.1) is 0 Å². The molecular weight excluding hydrogens is 194 g/mol. The molecule has 0 aromatic heterocycles. The Bertz CT molecular complexity index is 251. The summed E-state index contributed by atoms with van der Waals surface area (Å²) in [5.74, 6) is 0.0849. The highest BCUT2D eigenvalue weighted by atomic mass is 16.2. The summed E-state index contributed by atoms with van der Waals surface area (Å²) in [5, 5.41) is 5.71. The van der Waals surface area contributed by atoms with Gasteiger partial charge in [0.25, 0.3) is 0 Å². The van der Waals surface area contributed by atoms with E-state index in [1.165, 1.54) is 0 Å². The van der Waals surface area contributed by atoms with Crippen LogP contribution in [0.4, 0.5) is 4.79 Å². The van der Waals surface area contributed by atoms with Crippen molar-refractivity contribution in [1.82, 2.24) is 15.5 Å². The van der Waals surface area contributed by atoms with Gasteiger partial charge in [-0.1, -0.05) is 0 Å². The zero-order valence-corrected chi connectivity index (χ0v) is 8.79. The number of nitrogens with zero attached hydrogens (tertiary/aromatic N) is 1. The molecule has 1 atom stereocenters. The van der Waals surface area contributed by atoms with Crippen LogP contribution in [0.1, 0.15) is 25.7 Å². The Morgan fingerprint density at radius 2 is 2.13 bits per heavy atom. The van der Waals surface area contributed by atoms with E-state index in [1.54, 1.807) is 0 Å². The van der Waals surface area contributed by atoms with Crippen LogP contribution >= 0.6 is 0 Å². The van der Waals surface area contributed by atoms with Gasteiger partial charge in [0.1, 0.15) is 0 Å². The summed E-state index contributed by atoms with van der Waals surface area (Å²) in [7, 11) is 0. The summed E-state index contributed by atoms with van der Waals surface area (Å²) in [6.07, 6.45) is 3.49. The number of hydrogen-bond acceptors (Lipinski definition) is 2. The Morgan fingerprint density at radius 1 is 1.40 bits per heavy atom. The lowest BCUT2D eigenvalue weighted by Crippen LogP contribution is -2.51. The maximum atomic E-state index is 11.7. The van der Waals surface area contributed by atoms with Crippen molar-refractivity contribution >= 4 is 11.9 Å². The molecule has 2 aliphatic heterocycles. The molecule has 0 aliphatic carbocycles. The van der Waals surface area contributed by atoms with Crippen LogP contribution in [0.5, 0.6) is 0 Å². The van der Waals surface area contributed by atoms with E-state index in [4.69, 9.17) is 0 Å². The van der Waals surface area contributed by atoms with Gasteiger partial charge >= 0.3 is 6.03 Å². The number of carbonyl (C=O) groups is 2. The highest BCUT2D eigenvalue weighted by Gasteiger charge is 2.23. The van der Waals surface area contributed by atoms with Crippen molar-refractivity contribution < 1.29 is 9.59 Å². The molecule has 2 rings (SSSR count). The highest BCUT2D eigenvalue weighted by molar-refractivity contribution is 5.78. The Hall–Kier alpha value is -1.26. The Labute approximate surface area is 89.2 Å². The van der Waals surface area contributed by atoms with Crippen molar-refractivity contribution in [2.24, 2.45) is 0 Å². The Balaban J connectivity index is 1.76. The zero-order valence-electron chi connectivity index (χ0n) is 8.79. The monoisotopic (exact) mass is 211 g/mol. The minimum absolute atomic E-state index is 0.0219. The number of hydrogen-bond donors (Lipinski definition) is 2. The maximum absolute atomic E-state index is 11.7. The smallest absolute Gasteiger partial charge is 0.317 e. The second-order valence-corrected chi connectivity index (χ2v) is 4.18. The fourth-order valence-electron chi connectivity index (χ4n) is 2.04. The summed E-state index contributed by atoms with van der Waals surface area (Å²) in [5.41, 5.74) is 0. The molecular formula is C10H17N3O2. The molecule has 2 aliphatic rings. The van der Waals surface area contributed by atoms with Crippen molar-refractivity contribution in [3.05, 3.63) is 0 Å². The minimum Gasteiger partial charge on any atom is -0.354 e. The summed E-state index contributed by atoms with van der Waals surface area (Å²) >= 11 is 0. The predicted molar refractivity (Wildman–Crippen MR) is 55.4 cm³/mol. The van der Waals surface area contributed by atoms with Gasteiger partial charge in [-0.2, -0.15) is 0 Å². The standard InChI is InChI=1S/C10H17N3O2/c14-9-4-3-8(7-11-9)12-10(15)13-5-1-2-6-13/h8H,1-7H2,(H,11,14)(H,12,15). The Morgan fingerprint density at radius 3 is 2.73 bits per heavy atom. The van der Waals surface area contributed by atoms with Crippen LogP contribution < -0.4 is 10.6 Å². The molecule has 5 nitrogen and oxygen atoms in total. The molecule has 15 heavy (non-hydrogen) atoms. The van der Waals surface area contributed by atoms with Crippen molar-refractivity contribution in [2.75, 3.05) is 19.6 Å². The molecule has 0 saturated carbocycles. The Kier molecular flexibility index (Phi) is 3.08. The number of piperidine rings is 1. The minimum atomic E-state index is 0.0219. The van der Waals surface area contributed by atoms with E-state index in [-0.39, 0.29) is 18.0 Å².